The Bertz CT molecular complexity index is 817. The molecule has 1 atom stereocenters. The molecule has 24 heavy (non-hydrogen) atoms. The summed E-state index contributed by atoms with van der Waals surface area (Å²) in [6, 6.07) is 6.47. The van der Waals surface area contributed by atoms with Crippen LogP contribution in [0.25, 0.3) is 10.9 Å². The predicted molar refractivity (Wildman–Crippen MR) is 91.7 cm³/mol. The second kappa shape index (κ2) is 5.72. The van der Waals surface area contributed by atoms with Gasteiger partial charge >= 0.3 is 0 Å². The number of piperidine rings is 1. The van der Waals surface area contributed by atoms with Crippen molar-refractivity contribution in [3.8, 4) is 0 Å². The van der Waals surface area contributed by atoms with Crippen LogP contribution in [0.4, 0.5) is 0 Å². The fraction of sp³-hybridized carbons (Fsp3) is 0.526. The summed E-state index contributed by atoms with van der Waals surface area (Å²) in [6.45, 7) is 5.26. The highest BCUT2D eigenvalue weighted by molar-refractivity contribution is 6.02. The molecule has 1 aromatic heterocycles. The van der Waals surface area contributed by atoms with E-state index in [1.165, 1.54) is 18.4 Å². The quantitative estimate of drug-likeness (QED) is 0.879. The molecule has 2 fully saturated rings. The maximum atomic E-state index is 12.3. The number of fused-ring (bicyclic) bond motifs is 1. The standard InChI is InChI=1S/C19H23N3O2/c1-11(2)13-5-7-16-15(9-13)18(21-22(16)10-12-3-4-12)14-6-8-17(23)20-19(14)24/h5,7,9,11-12,14H,3-4,6,8,10H2,1-2H3,(H,20,23,24). The van der Waals surface area contributed by atoms with E-state index in [0.29, 0.717) is 24.7 Å². The smallest absolute Gasteiger partial charge is 0.235 e. The molecule has 2 heterocycles. The van der Waals surface area contributed by atoms with Crippen LogP contribution in [0.2, 0.25) is 0 Å². The van der Waals surface area contributed by atoms with Gasteiger partial charge in [0.05, 0.1) is 17.1 Å². The van der Waals surface area contributed by atoms with Crippen molar-refractivity contribution in [1.29, 1.82) is 0 Å². The molecule has 1 aliphatic carbocycles. The predicted octanol–water partition coefficient (Wildman–Crippen LogP) is 3.09. The lowest BCUT2D eigenvalue weighted by molar-refractivity contribution is -0.134. The van der Waals surface area contributed by atoms with Gasteiger partial charge in [0, 0.05) is 18.4 Å². The first-order valence-electron chi connectivity index (χ1n) is 8.87. The Hall–Kier alpha value is -2.17. The van der Waals surface area contributed by atoms with Crippen LogP contribution in [0.15, 0.2) is 18.2 Å². The Morgan fingerprint density at radius 3 is 2.71 bits per heavy atom. The van der Waals surface area contributed by atoms with Gasteiger partial charge in [-0.2, -0.15) is 5.10 Å². The lowest BCUT2D eigenvalue weighted by atomic mass is 9.91. The minimum absolute atomic E-state index is 0.180. The van der Waals surface area contributed by atoms with E-state index in [2.05, 4.69) is 42.0 Å². The number of benzene rings is 1. The number of hydrogen-bond donors (Lipinski definition) is 1. The number of aromatic nitrogens is 2. The molecule has 1 unspecified atom stereocenters. The molecule has 2 amide bonds. The van der Waals surface area contributed by atoms with Gasteiger partial charge in [0.25, 0.3) is 0 Å². The van der Waals surface area contributed by atoms with Crippen molar-refractivity contribution in [2.75, 3.05) is 0 Å². The number of imide groups is 1. The average Bonchev–Trinajstić information content (AvgIpc) is 3.29. The van der Waals surface area contributed by atoms with Gasteiger partial charge in [-0.25, -0.2) is 0 Å². The number of carbonyl (C=O) groups is 2. The summed E-state index contributed by atoms with van der Waals surface area (Å²) in [4.78, 5) is 23.8. The monoisotopic (exact) mass is 325 g/mol. The number of nitrogens with one attached hydrogen (secondary N) is 1. The first kappa shape index (κ1) is 15.4. The normalized spacial score (nSPS) is 21.5. The molecule has 0 spiro atoms. The van der Waals surface area contributed by atoms with E-state index in [0.717, 1.165) is 23.1 Å². The first-order chi connectivity index (χ1) is 11.5. The van der Waals surface area contributed by atoms with E-state index in [1.807, 2.05) is 0 Å². The van der Waals surface area contributed by atoms with Crippen LogP contribution >= 0.6 is 0 Å². The number of carbonyl (C=O) groups excluding carboxylic acids is 2. The van der Waals surface area contributed by atoms with Crippen molar-refractivity contribution >= 4 is 22.7 Å². The van der Waals surface area contributed by atoms with Gasteiger partial charge in [0.1, 0.15) is 0 Å². The van der Waals surface area contributed by atoms with Crippen LogP contribution in [0.3, 0.4) is 0 Å². The van der Waals surface area contributed by atoms with Crippen LogP contribution in [0.5, 0.6) is 0 Å². The molecule has 1 saturated carbocycles. The van der Waals surface area contributed by atoms with Crippen LogP contribution in [-0.2, 0) is 16.1 Å². The zero-order valence-electron chi connectivity index (χ0n) is 14.2. The second-order valence-electron chi connectivity index (χ2n) is 7.45. The van der Waals surface area contributed by atoms with Crippen LogP contribution in [0.1, 0.15) is 62.6 Å². The second-order valence-corrected chi connectivity index (χ2v) is 7.45. The van der Waals surface area contributed by atoms with Crippen molar-refractivity contribution in [1.82, 2.24) is 15.1 Å². The molecular weight excluding hydrogens is 302 g/mol. The molecule has 4 rings (SSSR count). The zero-order valence-corrected chi connectivity index (χ0v) is 14.2. The van der Waals surface area contributed by atoms with E-state index in [4.69, 9.17) is 5.10 Å². The van der Waals surface area contributed by atoms with Gasteiger partial charge in [-0.15, -0.1) is 0 Å². The largest absolute Gasteiger partial charge is 0.296 e. The maximum absolute atomic E-state index is 12.3. The van der Waals surface area contributed by atoms with Crippen molar-refractivity contribution in [3.63, 3.8) is 0 Å². The summed E-state index contributed by atoms with van der Waals surface area (Å²) in [5, 5.41) is 8.34. The van der Waals surface area contributed by atoms with E-state index in [9.17, 15) is 9.59 Å². The Labute approximate surface area is 141 Å². The molecule has 1 aromatic carbocycles. The molecule has 126 valence electrons. The molecular formula is C19H23N3O2. The van der Waals surface area contributed by atoms with Gasteiger partial charge in [-0.1, -0.05) is 19.9 Å². The number of hydrogen-bond acceptors (Lipinski definition) is 3. The molecule has 2 aliphatic rings. The van der Waals surface area contributed by atoms with E-state index in [-0.39, 0.29) is 17.7 Å². The number of rotatable bonds is 4. The Kier molecular flexibility index (Phi) is 3.66. The van der Waals surface area contributed by atoms with Crippen molar-refractivity contribution in [2.24, 2.45) is 5.92 Å². The lowest BCUT2D eigenvalue weighted by Crippen LogP contribution is -2.39. The van der Waals surface area contributed by atoms with E-state index >= 15 is 0 Å². The van der Waals surface area contributed by atoms with Crippen molar-refractivity contribution in [3.05, 3.63) is 29.5 Å². The fourth-order valence-corrected chi connectivity index (χ4v) is 3.48. The molecule has 0 bridgehead atoms. The molecule has 0 radical (unpaired) electrons. The summed E-state index contributed by atoms with van der Waals surface area (Å²) < 4.78 is 2.07. The van der Waals surface area contributed by atoms with Gasteiger partial charge in [0.2, 0.25) is 11.8 Å². The molecule has 5 heteroatoms. The van der Waals surface area contributed by atoms with Crippen molar-refractivity contribution in [2.45, 2.75) is 57.9 Å². The Balaban J connectivity index is 1.81. The third kappa shape index (κ3) is 2.72. The third-order valence-corrected chi connectivity index (χ3v) is 5.17. The summed E-state index contributed by atoms with van der Waals surface area (Å²) in [5.74, 6) is 0.427. The topological polar surface area (TPSA) is 64.0 Å². The Morgan fingerprint density at radius 2 is 2.04 bits per heavy atom. The molecule has 1 saturated heterocycles. The highest BCUT2D eigenvalue weighted by Crippen LogP contribution is 2.35. The minimum atomic E-state index is -0.326. The molecule has 1 aliphatic heterocycles. The third-order valence-electron chi connectivity index (χ3n) is 5.17. The van der Waals surface area contributed by atoms with Crippen LogP contribution in [0, 0.1) is 5.92 Å². The fourth-order valence-electron chi connectivity index (χ4n) is 3.48. The zero-order chi connectivity index (χ0) is 16.8. The summed E-state index contributed by atoms with van der Waals surface area (Å²) in [6.07, 6.45) is 3.46. The molecule has 2 aromatic rings. The van der Waals surface area contributed by atoms with E-state index in [1.54, 1.807) is 0 Å². The molecule has 1 N–H and O–H groups in total. The average molecular weight is 325 g/mol. The summed E-state index contributed by atoms with van der Waals surface area (Å²) in [7, 11) is 0. The minimum Gasteiger partial charge on any atom is -0.296 e. The summed E-state index contributed by atoms with van der Waals surface area (Å²) >= 11 is 0. The van der Waals surface area contributed by atoms with Gasteiger partial charge < -0.3 is 0 Å². The number of amides is 2. The highest BCUT2D eigenvalue weighted by Gasteiger charge is 2.32. The SMILES string of the molecule is CC(C)c1ccc2c(c1)c(C1CCC(=O)NC1=O)nn2CC1CC1. The number of nitrogens with zero attached hydrogens (tertiary/aromatic N) is 2. The lowest BCUT2D eigenvalue weighted by Gasteiger charge is -2.19. The van der Waals surface area contributed by atoms with Crippen LogP contribution < -0.4 is 5.32 Å². The maximum Gasteiger partial charge on any atom is 0.235 e. The van der Waals surface area contributed by atoms with E-state index < -0.39 is 0 Å². The highest BCUT2D eigenvalue weighted by atomic mass is 16.2. The Morgan fingerprint density at radius 1 is 1.25 bits per heavy atom. The molecule has 5 nitrogen and oxygen atoms in total. The summed E-state index contributed by atoms with van der Waals surface area (Å²) in [5.41, 5.74) is 3.19. The van der Waals surface area contributed by atoms with Gasteiger partial charge in [-0.05, 0) is 48.8 Å². The van der Waals surface area contributed by atoms with Crippen molar-refractivity contribution < 1.29 is 9.59 Å². The van der Waals surface area contributed by atoms with Gasteiger partial charge in [0.15, 0.2) is 0 Å². The van der Waals surface area contributed by atoms with Crippen LogP contribution in [-0.4, -0.2) is 21.6 Å². The van der Waals surface area contributed by atoms with Gasteiger partial charge in [-0.3, -0.25) is 19.6 Å². The first-order valence-corrected chi connectivity index (χ1v) is 8.87.